The summed E-state index contributed by atoms with van der Waals surface area (Å²) in [5.41, 5.74) is 0.509. The van der Waals surface area contributed by atoms with Gasteiger partial charge >= 0.3 is 0 Å². The Morgan fingerprint density at radius 2 is 2.05 bits per heavy atom. The molecule has 1 heterocycles. The summed E-state index contributed by atoms with van der Waals surface area (Å²) in [6.07, 6.45) is 1.73. The van der Waals surface area contributed by atoms with Crippen LogP contribution in [0, 0.1) is 21.4 Å². The van der Waals surface area contributed by atoms with Gasteiger partial charge in [0.05, 0.1) is 16.1 Å². The molecule has 0 N–H and O–H groups in total. The second-order valence-electron chi connectivity index (χ2n) is 4.13. The van der Waals surface area contributed by atoms with Gasteiger partial charge in [0.25, 0.3) is 5.69 Å². The molecule has 6 nitrogen and oxygen atoms in total. The number of hydrogen-bond donors (Lipinski definition) is 0. The average Bonchev–Trinajstić information content (AvgIpc) is 2.53. The molecule has 1 aromatic heterocycles. The maximum absolute atomic E-state index is 12.5. The van der Waals surface area contributed by atoms with E-state index in [-0.39, 0.29) is 33.3 Å². The maximum atomic E-state index is 12.5. The number of aromatic nitrogens is 1. The lowest BCUT2D eigenvalue weighted by Crippen LogP contribution is -2.06. The summed E-state index contributed by atoms with van der Waals surface area (Å²) < 4.78 is 0. The van der Waals surface area contributed by atoms with Crippen molar-refractivity contribution in [3.8, 4) is 6.07 Å². The number of non-ortho nitro benzene ring substituents is 1. The Hall–Kier alpha value is -2.43. The SMILES string of the molecule is CSc1nc(Cl)c(C#N)cc1C(=O)c1ccc([N+](=O)[O-])cc1. The lowest BCUT2D eigenvalue weighted by atomic mass is 10.0. The van der Waals surface area contributed by atoms with Gasteiger partial charge in [-0.2, -0.15) is 5.26 Å². The molecule has 0 unspecified atom stereocenters. The Morgan fingerprint density at radius 1 is 1.41 bits per heavy atom. The Balaban J connectivity index is 2.49. The quantitative estimate of drug-likeness (QED) is 0.279. The molecule has 0 aliphatic rings. The first kappa shape index (κ1) is 15.9. The molecule has 0 atom stereocenters. The lowest BCUT2D eigenvalue weighted by Gasteiger charge is -2.07. The van der Waals surface area contributed by atoms with E-state index in [0.717, 1.165) is 0 Å². The summed E-state index contributed by atoms with van der Waals surface area (Å²) in [4.78, 5) is 26.6. The van der Waals surface area contributed by atoms with E-state index in [1.165, 1.54) is 42.1 Å². The Morgan fingerprint density at radius 3 is 2.55 bits per heavy atom. The molecule has 0 spiro atoms. The molecule has 0 fully saturated rings. The second-order valence-corrected chi connectivity index (χ2v) is 5.28. The third-order valence-corrected chi connectivity index (χ3v) is 3.83. The minimum atomic E-state index is -0.542. The van der Waals surface area contributed by atoms with Gasteiger partial charge in [0.1, 0.15) is 16.2 Å². The van der Waals surface area contributed by atoms with Crippen LogP contribution in [-0.2, 0) is 0 Å². The van der Waals surface area contributed by atoms with Gasteiger partial charge in [-0.15, -0.1) is 11.8 Å². The smallest absolute Gasteiger partial charge is 0.269 e. The summed E-state index contributed by atoms with van der Waals surface area (Å²) in [5, 5.41) is 20.0. The molecule has 0 aliphatic heterocycles. The largest absolute Gasteiger partial charge is 0.289 e. The van der Waals surface area contributed by atoms with Gasteiger partial charge in [-0.1, -0.05) is 11.6 Å². The average molecular weight is 334 g/mol. The minimum Gasteiger partial charge on any atom is -0.289 e. The van der Waals surface area contributed by atoms with Crippen molar-refractivity contribution in [2.24, 2.45) is 0 Å². The zero-order valence-electron chi connectivity index (χ0n) is 11.2. The summed E-state index contributed by atoms with van der Waals surface area (Å²) in [6.45, 7) is 0. The summed E-state index contributed by atoms with van der Waals surface area (Å²) in [7, 11) is 0. The zero-order chi connectivity index (χ0) is 16.3. The third-order valence-electron chi connectivity index (χ3n) is 2.84. The van der Waals surface area contributed by atoms with Crippen LogP contribution in [0.2, 0.25) is 5.15 Å². The molecule has 22 heavy (non-hydrogen) atoms. The van der Waals surface area contributed by atoms with Crippen LogP contribution < -0.4 is 0 Å². The number of benzene rings is 1. The highest BCUT2D eigenvalue weighted by Gasteiger charge is 2.18. The maximum Gasteiger partial charge on any atom is 0.269 e. The fraction of sp³-hybridized carbons (Fsp3) is 0.0714. The number of nitriles is 1. The normalized spacial score (nSPS) is 10.0. The van der Waals surface area contributed by atoms with Crippen LogP contribution in [0.15, 0.2) is 35.4 Å². The van der Waals surface area contributed by atoms with Gasteiger partial charge < -0.3 is 0 Å². The van der Waals surface area contributed by atoms with E-state index in [1.54, 1.807) is 6.26 Å². The van der Waals surface area contributed by atoms with Gasteiger partial charge in [-0.25, -0.2) is 4.98 Å². The Kier molecular flexibility index (Phi) is 4.75. The van der Waals surface area contributed by atoms with E-state index in [4.69, 9.17) is 16.9 Å². The highest BCUT2D eigenvalue weighted by atomic mass is 35.5. The monoisotopic (exact) mass is 333 g/mol. The van der Waals surface area contributed by atoms with Crippen molar-refractivity contribution in [3.05, 3.63) is 62.3 Å². The number of nitro groups is 1. The van der Waals surface area contributed by atoms with Gasteiger partial charge in [0, 0.05) is 17.7 Å². The molecule has 0 amide bonds. The molecule has 2 aromatic rings. The number of carbonyl (C=O) groups excluding carboxylic acids is 1. The van der Waals surface area contributed by atoms with Crippen LogP contribution in [0.25, 0.3) is 0 Å². The number of halogens is 1. The molecule has 110 valence electrons. The highest BCUT2D eigenvalue weighted by molar-refractivity contribution is 7.98. The highest BCUT2D eigenvalue weighted by Crippen LogP contribution is 2.26. The van der Waals surface area contributed by atoms with Crippen LogP contribution >= 0.6 is 23.4 Å². The number of ketones is 1. The number of thioether (sulfide) groups is 1. The predicted molar refractivity (Wildman–Crippen MR) is 82.3 cm³/mol. The van der Waals surface area contributed by atoms with E-state index in [0.29, 0.717) is 5.03 Å². The Labute approximate surface area is 134 Å². The fourth-order valence-electron chi connectivity index (χ4n) is 1.76. The van der Waals surface area contributed by atoms with Crippen LogP contribution in [-0.4, -0.2) is 21.9 Å². The molecule has 0 bridgehead atoms. The van der Waals surface area contributed by atoms with E-state index in [1.807, 2.05) is 6.07 Å². The number of pyridine rings is 1. The first-order valence-corrected chi connectivity index (χ1v) is 7.52. The van der Waals surface area contributed by atoms with Crippen molar-refractivity contribution in [2.45, 2.75) is 5.03 Å². The van der Waals surface area contributed by atoms with E-state index < -0.39 is 4.92 Å². The van der Waals surface area contributed by atoms with Crippen LogP contribution in [0.3, 0.4) is 0 Å². The molecule has 0 saturated carbocycles. The fourth-order valence-corrected chi connectivity index (χ4v) is 2.55. The molecule has 1 aromatic carbocycles. The molecule has 0 aliphatic carbocycles. The van der Waals surface area contributed by atoms with Gasteiger partial charge in [0.2, 0.25) is 0 Å². The van der Waals surface area contributed by atoms with E-state index >= 15 is 0 Å². The van der Waals surface area contributed by atoms with E-state index in [9.17, 15) is 14.9 Å². The molecular weight excluding hydrogens is 326 g/mol. The third kappa shape index (κ3) is 3.08. The molecular formula is C14H8ClN3O3S. The summed E-state index contributed by atoms with van der Waals surface area (Å²) >= 11 is 7.08. The number of carbonyl (C=O) groups is 1. The minimum absolute atomic E-state index is 0.0344. The van der Waals surface area contributed by atoms with Crippen LogP contribution in [0.4, 0.5) is 5.69 Å². The second kappa shape index (κ2) is 6.56. The van der Waals surface area contributed by atoms with Crippen molar-refractivity contribution in [2.75, 3.05) is 6.26 Å². The number of hydrogen-bond acceptors (Lipinski definition) is 6. The van der Waals surface area contributed by atoms with Crippen LogP contribution in [0.1, 0.15) is 21.5 Å². The lowest BCUT2D eigenvalue weighted by molar-refractivity contribution is -0.384. The van der Waals surface area contributed by atoms with Crippen molar-refractivity contribution < 1.29 is 9.72 Å². The molecule has 0 radical (unpaired) electrons. The van der Waals surface area contributed by atoms with Gasteiger partial charge in [-0.05, 0) is 24.5 Å². The standard InChI is InChI=1S/C14H8ClN3O3S/c1-22-14-11(6-9(7-16)13(15)17-14)12(19)8-2-4-10(5-3-8)18(20)21/h2-6H,1H3. The van der Waals surface area contributed by atoms with Crippen molar-refractivity contribution in [3.63, 3.8) is 0 Å². The summed E-state index contributed by atoms with van der Waals surface area (Å²) in [6, 6.07) is 8.49. The first-order valence-electron chi connectivity index (χ1n) is 5.91. The predicted octanol–water partition coefficient (Wildman–Crippen LogP) is 3.47. The molecule has 2 rings (SSSR count). The number of nitro benzene ring substituents is 1. The molecule has 0 saturated heterocycles. The Bertz CT molecular complexity index is 800. The van der Waals surface area contributed by atoms with Crippen LogP contribution in [0.5, 0.6) is 0 Å². The van der Waals surface area contributed by atoms with Crippen molar-refractivity contribution in [1.29, 1.82) is 5.26 Å². The van der Waals surface area contributed by atoms with Gasteiger partial charge in [0.15, 0.2) is 5.78 Å². The summed E-state index contributed by atoms with van der Waals surface area (Å²) in [5.74, 6) is -0.375. The van der Waals surface area contributed by atoms with Crippen molar-refractivity contribution in [1.82, 2.24) is 4.98 Å². The van der Waals surface area contributed by atoms with Crippen molar-refractivity contribution >= 4 is 34.8 Å². The number of rotatable bonds is 4. The van der Waals surface area contributed by atoms with E-state index in [2.05, 4.69) is 4.98 Å². The topological polar surface area (TPSA) is 96.9 Å². The molecule has 8 heteroatoms. The first-order chi connectivity index (χ1) is 10.5. The van der Waals surface area contributed by atoms with Gasteiger partial charge in [-0.3, -0.25) is 14.9 Å². The number of nitrogens with zero attached hydrogens (tertiary/aromatic N) is 3. The zero-order valence-corrected chi connectivity index (χ0v) is 12.8.